The van der Waals surface area contributed by atoms with Gasteiger partial charge in [-0.15, -0.1) is 0 Å². The fourth-order valence-corrected chi connectivity index (χ4v) is 5.68. The maximum Gasteiger partial charge on any atom is 0.138 e. The number of ether oxygens (including phenoxy) is 1. The second-order valence-corrected chi connectivity index (χ2v) is 9.07. The molecule has 0 amide bonds. The van der Waals surface area contributed by atoms with Crippen molar-refractivity contribution >= 4 is 34.2 Å². The van der Waals surface area contributed by atoms with Gasteiger partial charge >= 0.3 is 0 Å². The maximum atomic E-state index is 11.0. The Morgan fingerprint density at radius 2 is 1.92 bits per heavy atom. The van der Waals surface area contributed by atoms with E-state index in [4.69, 9.17) is 16.3 Å². The van der Waals surface area contributed by atoms with E-state index in [1.165, 1.54) is 12.8 Å². The van der Waals surface area contributed by atoms with Crippen molar-refractivity contribution in [3.05, 3.63) is 26.3 Å². The molecular weight excluding hydrogens is 439 g/mol. The first-order valence-electron chi connectivity index (χ1n) is 8.90. The Labute approximate surface area is 162 Å². The lowest BCUT2D eigenvalue weighted by Gasteiger charge is -2.46. The monoisotopic (exact) mass is 464 g/mol. The number of aliphatic hydroxyl groups is 2. The highest BCUT2D eigenvalue weighted by Crippen LogP contribution is 2.48. The summed E-state index contributed by atoms with van der Waals surface area (Å²) in [6.45, 7) is 3.93. The highest BCUT2D eigenvalue weighted by atomic mass is 127. The van der Waals surface area contributed by atoms with Crippen LogP contribution in [0, 0.1) is 15.4 Å². The molecule has 0 aliphatic heterocycles. The van der Waals surface area contributed by atoms with Gasteiger partial charge < -0.3 is 14.9 Å². The van der Waals surface area contributed by atoms with Crippen LogP contribution in [0.15, 0.2) is 12.1 Å². The quantitative estimate of drug-likeness (QED) is 0.635. The van der Waals surface area contributed by atoms with Crippen molar-refractivity contribution in [3.8, 4) is 5.75 Å². The van der Waals surface area contributed by atoms with Crippen LogP contribution in [0.5, 0.6) is 5.75 Å². The predicted octanol–water partition coefficient (Wildman–Crippen LogP) is 4.75. The highest BCUT2D eigenvalue weighted by molar-refractivity contribution is 14.1. The molecule has 5 heteroatoms. The van der Waals surface area contributed by atoms with Crippen LogP contribution >= 0.6 is 34.2 Å². The molecule has 3 rings (SSSR count). The minimum absolute atomic E-state index is 0.0272. The summed E-state index contributed by atoms with van der Waals surface area (Å²) in [5.41, 5.74) is 0.958. The molecule has 0 spiro atoms. The third kappa shape index (κ3) is 3.71. The van der Waals surface area contributed by atoms with Crippen molar-refractivity contribution in [2.45, 2.75) is 70.2 Å². The summed E-state index contributed by atoms with van der Waals surface area (Å²) in [5, 5.41) is 22.4. The van der Waals surface area contributed by atoms with Crippen LogP contribution in [0.1, 0.15) is 57.4 Å². The zero-order valence-corrected chi connectivity index (χ0v) is 17.1. The molecule has 1 aromatic carbocycles. The summed E-state index contributed by atoms with van der Waals surface area (Å²) < 4.78 is 6.79. The van der Waals surface area contributed by atoms with Crippen LogP contribution in [-0.4, -0.2) is 28.5 Å². The first-order valence-corrected chi connectivity index (χ1v) is 10.4. The number of rotatable bonds is 3. The lowest BCUT2D eigenvalue weighted by Crippen LogP contribution is -2.46. The molecule has 5 atom stereocenters. The molecule has 2 saturated carbocycles. The molecular formula is C19H26ClIO3. The lowest BCUT2D eigenvalue weighted by molar-refractivity contribution is -0.0667. The largest absolute Gasteiger partial charge is 0.489 e. The molecule has 24 heavy (non-hydrogen) atoms. The van der Waals surface area contributed by atoms with Crippen LogP contribution in [0.25, 0.3) is 0 Å². The minimum Gasteiger partial charge on any atom is -0.489 e. The van der Waals surface area contributed by atoms with Crippen molar-refractivity contribution in [1.82, 2.24) is 0 Å². The van der Waals surface area contributed by atoms with Crippen LogP contribution in [0.3, 0.4) is 0 Å². The Morgan fingerprint density at radius 3 is 2.62 bits per heavy atom. The summed E-state index contributed by atoms with van der Waals surface area (Å²) in [5.74, 6) is 1.12. The third-order valence-corrected chi connectivity index (χ3v) is 6.74. The van der Waals surface area contributed by atoms with Crippen molar-refractivity contribution in [1.29, 1.82) is 0 Å². The molecule has 2 N–H and O–H groups in total. The molecule has 2 aliphatic carbocycles. The molecule has 0 heterocycles. The summed E-state index contributed by atoms with van der Waals surface area (Å²) in [4.78, 5) is 0. The van der Waals surface area contributed by atoms with Gasteiger partial charge in [0.15, 0.2) is 0 Å². The number of halogens is 2. The van der Waals surface area contributed by atoms with Gasteiger partial charge in [-0.3, -0.25) is 0 Å². The number of hydrogen-bond donors (Lipinski definition) is 2. The Morgan fingerprint density at radius 1 is 1.21 bits per heavy atom. The molecule has 0 saturated heterocycles. The van der Waals surface area contributed by atoms with Crippen LogP contribution in [0.2, 0.25) is 5.02 Å². The topological polar surface area (TPSA) is 49.7 Å². The zero-order chi connectivity index (χ0) is 17.4. The SMILES string of the molecule is CC(C)Oc1cc(C2C(O)CC3CCCCC3C2O)c(I)cc1Cl. The molecule has 2 fully saturated rings. The Hall–Kier alpha value is -0.0400. The maximum absolute atomic E-state index is 11.0. The second kappa shape index (κ2) is 7.68. The summed E-state index contributed by atoms with van der Waals surface area (Å²) in [7, 11) is 0. The van der Waals surface area contributed by atoms with Crippen molar-refractivity contribution in [2.24, 2.45) is 11.8 Å². The molecule has 5 unspecified atom stereocenters. The Bertz CT molecular complexity index is 592. The first-order chi connectivity index (χ1) is 11.4. The van der Waals surface area contributed by atoms with Gasteiger partial charge in [0.2, 0.25) is 0 Å². The van der Waals surface area contributed by atoms with Crippen LogP contribution < -0.4 is 4.74 Å². The number of benzene rings is 1. The lowest BCUT2D eigenvalue weighted by atomic mass is 9.63. The Kier molecular flexibility index (Phi) is 6.00. The molecule has 0 bridgehead atoms. The van der Waals surface area contributed by atoms with E-state index in [1.807, 2.05) is 26.0 Å². The van der Waals surface area contributed by atoms with E-state index in [0.29, 0.717) is 22.6 Å². The van der Waals surface area contributed by atoms with Crippen molar-refractivity contribution in [2.75, 3.05) is 0 Å². The van der Waals surface area contributed by atoms with Gasteiger partial charge in [0.25, 0.3) is 0 Å². The highest BCUT2D eigenvalue weighted by Gasteiger charge is 2.45. The van der Waals surface area contributed by atoms with E-state index in [9.17, 15) is 10.2 Å². The normalized spacial score (nSPS) is 33.4. The Balaban J connectivity index is 1.94. The molecule has 3 nitrogen and oxygen atoms in total. The summed E-state index contributed by atoms with van der Waals surface area (Å²) in [6.07, 6.45) is 4.39. The van der Waals surface area contributed by atoms with E-state index >= 15 is 0 Å². The molecule has 0 radical (unpaired) electrons. The molecule has 134 valence electrons. The van der Waals surface area contributed by atoms with Crippen molar-refractivity contribution < 1.29 is 14.9 Å². The standard InChI is InChI=1S/C19H26ClIO3/c1-10(2)24-17-8-13(15(21)9-14(17)20)18-16(22)7-11-5-3-4-6-12(11)19(18)23/h8-12,16,18-19,22-23H,3-7H2,1-2H3. The number of fused-ring (bicyclic) bond motifs is 1. The molecule has 1 aromatic rings. The van der Waals surface area contributed by atoms with E-state index in [2.05, 4.69) is 22.6 Å². The fourth-order valence-electron chi connectivity index (χ4n) is 4.47. The van der Waals surface area contributed by atoms with Gasteiger partial charge in [0.05, 0.1) is 23.3 Å². The first kappa shape index (κ1) is 18.7. The number of aliphatic hydroxyl groups excluding tert-OH is 2. The predicted molar refractivity (Wildman–Crippen MR) is 105 cm³/mol. The fraction of sp³-hybridized carbons (Fsp3) is 0.684. The van der Waals surface area contributed by atoms with E-state index in [1.54, 1.807) is 0 Å². The third-order valence-electron chi connectivity index (χ3n) is 5.51. The summed E-state index contributed by atoms with van der Waals surface area (Å²) >= 11 is 8.56. The summed E-state index contributed by atoms with van der Waals surface area (Å²) in [6, 6.07) is 3.80. The molecule has 0 aromatic heterocycles. The average Bonchev–Trinajstić information content (AvgIpc) is 2.51. The van der Waals surface area contributed by atoms with Crippen molar-refractivity contribution in [3.63, 3.8) is 0 Å². The van der Waals surface area contributed by atoms with E-state index < -0.39 is 12.2 Å². The minimum atomic E-state index is -0.513. The van der Waals surface area contributed by atoms with Gasteiger partial charge in [0, 0.05) is 9.49 Å². The smallest absolute Gasteiger partial charge is 0.138 e. The van der Waals surface area contributed by atoms with Gasteiger partial charge in [-0.2, -0.15) is 0 Å². The zero-order valence-electron chi connectivity index (χ0n) is 14.2. The van der Waals surface area contributed by atoms with Crippen LogP contribution in [0.4, 0.5) is 0 Å². The van der Waals surface area contributed by atoms with Gasteiger partial charge in [-0.25, -0.2) is 0 Å². The van der Waals surface area contributed by atoms with Crippen LogP contribution in [-0.2, 0) is 0 Å². The molecule has 2 aliphatic rings. The van der Waals surface area contributed by atoms with Gasteiger partial charge in [-0.1, -0.05) is 24.4 Å². The number of hydrogen-bond acceptors (Lipinski definition) is 3. The van der Waals surface area contributed by atoms with E-state index in [0.717, 1.165) is 28.4 Å². The van der Waals surface area contributed by atoms with E-state index in [-0.39, 0.29) is 12.0 Å². The second-order valence-electron chi connectivity index (χ2n) is 7.50. The van der Waals surface area contributed by atoms with Gasteiger partial charge in [0.1, 0.15) is 5.75 Å². The average molecular weight is 465 g/mol. The van der Waals surface area contributed by atoms with Gasteiger partial charge in [-0.05, 0) is 85.2 Å².